The van der Waals surface area contributed by atoms with Crippen LogP contribution in [0.15, 0.2) is 0 Å². The molecule has 0 fully saturated rings. The lowest BCUT2D eigenvalue weighted by Gasteiger charge is -2.22. The maximum Gasteiger partial charge on any atom is 0.0590 e. The van der Waals surface area contributed by atoms with Gasteiger partial charge in [0.05, 0.1) is 6.10 Å². The third-order valence-electron chi connectivity index (χ3n) is 2.93. The van der Waals surface area contributed by atoms with Crippen LogP contribution >= 0.6 is 0 Å². The van der Waals surface area contributed by atoms with Crippen LogP contribution in [0.5, 0.6) is 0 Å². The van der Waals surface area contributed by atoms with Gasteiger partial charge >= 0.3 is 0 Å². The first kappa shape index (κ1) is 14.9. The number of aliphatic hydroxyl groups is 2. The third kappa shape index (κ3) is 7.80. The first-order valence-electron chi connectivity index (χ1n) is 6.26. The highest BCUT2D eigenvalue weighted by molar-refractivity contribution is 4.69. The highest BCUT2D eigenvalue weighted by atomic mass is 16.3. The van der Waals surface area contributed by atoms with E-state index in [1.807, 2.05) is 0 Å². The van der Waals surface area contributed by atoms with E-state index in [2.05, 4.69) is 27.7 Å². The molecule has 0 aliphatic heterocycles. The summed E-state index contributed by atoms with van der Waals surface area (Å²) in [5.41, 5.74) is 0. The van der Waals surface area contributed by atoms with Gasteiger partial charge in [-0.3, -0.25) is 0 Å². The molecule has 0 aliphatic rings. The predicted octanol–water partition coefficient (Wildman–Crippen LogP) is 2.83. The minimum atomic E-state index is -0.323. The zero-order valence-corrected chi connectivity index (χ0v) is 10.7. The van der Waals surface area contributed by atoms with Gasteiger partial charge in [-0.1, -0.05) is 34.1 Å². The summed E-state index contributed by atoms with van der Waals surface area (Å²) in [4.78, 5) is 0. The number of rotatable bonds is 8. The fourth-order valence-corrected chi connectivity index (χ4v) is 1.69. The Morgan fingerprint density at radius 2 is 1.27 bits per heavy atom. The number of hydrogen-bond donors (Lipinski definition) is 2. The lowest BCUT2D eigenvalue weighted by atomic mass is 9.90. The van der Waals surface area contributed by atoms with Crippen molar-refractivity contribution in [2.45, 2.75) is 59.5 Å². The van der Waals surface area contributed by atoms with E-state index < -0.39 is 0 Å². The van der Waals surface area contributed by atoms with Crippen molar-refractivity contribution in [2.75, 3.05) is 6.61 Å². The van der Waals surface area contributed by atoms with Crippen molar-refractivity contribution in [3.8, 4) is 0 Å². The molecule has 0 aromatic heterocycles. The van der Waals surface area contributed by atoms with Gasteiger partial charge in [-0.15, -0.1) is 0 Å². The van der Waals surface area contributed by atoms with Crippen molar-refractivity contribution in [3.63, 3.8) is 0 Å². The van der Waals surface area contributed by atoms with E-state index in [0.717, 1.165) is 25.7 Å². The molecule has 2 atom stereocenters. The maximum atomic E-state index is 9.91. The van der Waals surface area contributed by atoms with Gasteiger partial charge in [0.25, 0.3) is 0 Å². The Kier molecular flexibility index (Phi) is 8.07. The zero-order chi connectivity index (χ0) is 11.8. The van der Waals surface area contributed by atoms with E-state index in [0.29, 0.717) is 11.8 Å². The fourth-order valence-electron chi connectivity index (χ4n) is 1.69. The largest absolute Gasteiger partial charge is 0.396 e. The molecule has 2 heteroatoms. The van der Waals surface area contributed by atoms with Crippen molar-refractivity contribution in [1.82, 2.24) is 0 Å². The molecule has 0 aliphatic carbocycles. The Morgan fingerprint density at radius 1 is 0.800 bits per heavy atom. The van der Waals surface area contributed by atoms with Crippen LogP contribution in [0.25, 0.3) is 0 Å². The Balaban J connectivity index is 3.82. The van der Waals surface area contributed by atoms with Gasteiger partial charge in [0.2, 0.25) is 0 Å². The quantitative estimate of drug-likeness (QED) is 0.655. The third-order valence-corrected chi connectivity index (χ3v) is 2.93. The standard InChI is InChI=1S/C13H28O2/c1-10(2)5-7-12(9-14)13(15)8-6-11(3)4/h10-15H,5-9H2,1-4H3. The molecule has 2 unspecified atom stereocenters. The molecule has 0 saturated carbocycles. The molecule has 0 heterocycles. The van der Waals surface area contributed by atoms with Gasteiger partial charge in [-0.05, 0) is 31.1 Å². The Hall–Kier alpha value is -0.0800. The second kappa shape index (κ2) is 8.12. The molecular formula is C13H28O2. The average Bonchev–Trinajstić information content (AvgIpc) is 2.15. The second-order valence-electron chi connectivity index (χ2n) is 5.45. The lowest BCUT2D eigenvalue weighted by Crippen LogP contribution is -2.24. The van der Waals surface area contributed by atoms with Crippen molar-refractivity contribution in [3.05, 3.63) is 0 Å². The highest BCUT2D eigenvalue weighted by Crippen LogP contribution is 2.19. The summed E-state index contributed by atoms with van der Waals surface area (Å²) in [5.74, 6) is 1.35. The van der Waals surface area contributed by atoms with Gasteiger partial charge in [0.15, 0.2) is 0 Å². The summed E-state index contributed by atoms with van der Waals surface area (Å²) in [5, 5.41) is 19.1. The molecule has 0 aromatic carbocycles. The Morgan fingerprint density at radius 3 is 1.67 bits per heavy atom. The summed E-state index contributed by atoms with van der Waals surface area (Å²) in [6, 6.07) is 0. The van der Waals surface area contributed by atoms with Crippen LogP contribution in [0.3, 0.4) is 0 Å². The Bertz CT molecular complexity index is 143. The molecule has 0 saturated heterocycles. The van der Waals surface area contributed by atoms with Crippen LogP contribution < -0.4 is 0 Å². The minimum absolute atomic E-state index is 0.0751. The van der Waals surface area contributed by atoms with Crippen molar-refractivity contribution in [1.29, 1.82) is 0 Å². The zero-order valence-electron chi connectivity index (χ0n) is 10.7. The molecule has 2 N–H and O–H groups in total. The van der Waals surface area contributed by atoms with Crippen LogP contribution in [0, 0.1) is 17.8 Å². The lowest BCUT2D eigenvalue weighted by molar-refractivity contribution is 0.0496. The summed E-state index contributed by atoms with van der Waals surface area (Å²) in [6.07, 6.45) is 3.56. The average molecular weight is 216 g/mol. The molecule has 0 aromatic rings. The fraction of sp³-hybridized carbons (Fsp3) is 1.00. The van der Waals surface area contributed by atoms with E-state index in [1.54, 1.807) is 0 Å². The molecular weight excluding hydrogens is 188 g/mol. The van der Waals surface area contributed by atoms with E-state index in [4.69, 9.17) is 0 Å². The molecule has 2 nitrogen and oxygen atoms in total. The van der Waals surface area contributed by atoms with Crippen LogP contribution in [0.2, 0.25) is 0 Å². The molecule has 92 valence electrons. The normalized spacial score (nSPS) is 16.0. The van der Waals surface area contributed by atoms with E-state index in [-0.39, 0.29) is 18.6 Å². The summed E-state index contributed by atoms with van der Waals surface area (Å²) >= 11 is 0. The maximum absolute atomic E-state index is 9.91. The van der Waals surface area contributed by atoms with Crippen molar-refractivity contribution >= 4 is 0 Å². The van der Waals surface area contributed by atoms with E-state index in [9.17, 15) is 10.2 Å². The molecule has 15 heavy (non-hydrogen) atoms. The van der Waals surface area contributed by atoms with Gasteiger partial charge in [0.1, 0.15) is 0 Å². The van der Waals surface area contributed by atoms with Crippen molar-refractivity contribution < 1.29 is 10.2 Å². The number of aliphatic hydroxyl groups excluding tert-OH is 2. The highest BCUT2D eigenvalue weighted by Gasteiger charge is 2.18. The van der Waals surface area contributed by atoms with Gasteiger partial charge in [-0.2, -0.15) is 0 Å². The SMILES string of the molecule is CC(C)CCC(O)C(CO)CCC(C)C. The van der Waals surface area contributed by atoms with Crippen LogP contribution in [0.4, 0.5) is 0 Å². The van der Waals surface area contributed by atoms with Gasteiger partial charge in [0, 0.05) is 12.5 Å². The molecule has 0 rings (SSSR count). The monoisotopic (exact) mass is 216 g/mol. The van der Waals surface area contributed by atoms with Crippen LogP contribution in [-0.4, -0.2) is 22.9 Å². The predicted molar refractivity (Wildman–Crippen MR) is 64.7 cm³/mol. The number of hydrogen-bond acceptors (Lipinski definition) is 2. The summed E-state index contributed by atoms with van der Waals surface area (Å²) in [7, 11) is 0. The summed E-state index contributed by atoms with van der Waals surface area (Å²) in [6.45, 7) is 8.79. The second-order valence-corrected chi connectivity index (χ2v) is 5.45. The first-order chi connectivity index (χ1) is 6.97. The van der Waals surface area contributed by atoms with Crippen LogP contribution in [-0.2, 0) is 0 Å². The summed E-state index contributed by atoms with van der Waals surface area (Å²) < 4.78 is 0. The van der Waals surface area contributed by atoms with Crippen molar-refractivity contribution in [2.24, 2.45) is 17.8 Å². The van der Waals surface area contributed by atoms with E-state index in [1.165, 1.54) is 0 Å². The van der Waals surface area contributed by atoms with Gasteiger partial charge in [-0.25, -0.2) is 0 Å². The van der Waals surface area contributed by atoms with Crippen LogP contribution in [0.1, 0.15) is 53.4 Å². The molecule has 0 bridgehead atoms. The molecule has 0 spiro atoms. The van der Waals surface area contributed by atoms with E-state index >= 15 is 0 Å². The Labute approximate surface area is 94.7 Å². The first-order valence-corrected chi connectivity index (χ1v) is 6.26. The minimum Gasteiger partial charge on any atom is -0.396 e. The topological polar surface area (TPSA) is 40.5 Å². The molecule has 0 radical (unpaired) electrons. The van der Waals surface area contributed by atoms with Gasteiger partial charge < -0.3 is 10.2 Å². The smallest absolute Gasteiger partial charge is 0.0590 e. The molecule has 0 amide bonds.